The maximum absolute atomic E-state index is 13.0. The number of hydrogen-bond acceptors (Lipinski definition) is 7. The fourth-order valence-corrected chi connectivity index (χ4v) is 4.50. The number of carbonyl (C=O) groups is 2. The van der Waals surface area contributed by atoms with E-state index in [4.69, 9.17) is 9.47 Å². The Morgan fingerprint density at radius 3 is 2.84 bits per heavy atom. The van der Waals surface area contributed by atoms with E-state index in [-0.39, 0.29) is 37.6 Å². The zero-order chi connectivity index (χ0) is 26.4. The molecule has 3 atom stereocenters. The number of aliphatic hydroxyl groups excluding tert-OH is 1. The van der Waals surface area contributed by atoms with Crippen LogP contribution < -0.4 is 4.74 Å². The van der Waals surface area contributed by atoms with Crippen molar-refractivity contribution in [3.05, 3.63) is 54.4 Å². The highest BCUT2D eigenvalue weighted by Gasteiger charge is 2.29. The van der Waals surface area contributed by atoms with Crippen LogP contribution in [-0.4, -0.2) is 80.8 Å². The highest BCUT2D eigenvalue weighted by atomic mass is 16.6. The molecule has 2 aromatic carbocycles. The summed E-state index contributed by atoms with van der Waals surface area (Å²) < 4.78 is 13.7. The highest BCUT2D eigenvalue weighted by molar-refractivity contribution is 5.84. The van der Waals surface area contributed by atoms with Crippen molar-refractivity contribution in [3.8, 4) is 5.75 Å². The fraction of sp³-hybridized carbons (Fsp3) is 0.481. The number of hydrogen-bond donors (Lipinski definition) is 1. The third kappa shape index (κ3) is 6.64. The van der Waals surface area contributed by atoms with Gasteiger partial charge in [0, 0.05) is 32.5 Å². The average Bonchev–Trinajstić information content (AvgIpc) is 3.35. The first-order valence-corrected chi connectivity index (χ1v) is 12.7. The van der Waals surface area contributed by atoms with Gasteiger partial charge >= 0.3 is 6.09 Å². The zero-order valence-corrected chi connectivity index (χ0v) is 21.6. The van der Waals surface area contributed by atoms with Crippen molar-refractivity contribution in [1.29, 1.82) is 0 Å². The molecule has 1 aliphatic rings. The highest BCUT2D eigenvalue weighted by Crippen LogP contribution is 2.22. The smallest absolute Gasteiger partial charge is 0.410 e. The van der Waals surface area contributed by atoms with Gasteiger partial charge in [0.1, 0.15) is 5.75 Å². The summed E-state index contributed by atoms with van der Waals surface area (Å²) in [5.74, 6) is 0.308. The quantitative estimate of drug-likeness (QED) is 0.563. The second-order valence-corrected chi connectivity index (χ2v) is 9.71. The summed E-state index contributed by atoms with van der Waals surface area (Å²) in [6, 6.07) is 13.1. The number of nitrogens with zero attached hydrogens (tertiary/aromatic N) is 5. The van der Waals surface area contributed by atoms with Crippen LogP contribution in [0, 0.1) is 5.92 Å². The minimum absolute atomic E-state index is 0.0292. The Bertz CT molecular complexity index is 1210. The van der Waals surface area contributed by atoms with Crippen molar-refractivity contribution in [3.63, 3.8) is 0 Å². The van der Waals surface area contributed by atoms with Gasteiger partial charge in [0.05, 0.1) is 43.8 Å². The maximum Gasteiger partial charge on any atom is 0.415 e. The predicted molar refractivity (Wildman–Crippen MR) is 138 cm³/mol. The number of aliphatic hydroxyl groups is 1. The van der Waals surface area contributed by atoms with Crippen LogP contribution in [0.1, 0.15) is 32.4 Å². The van der Waals surface area contributed by atoms with Crippen molar-refractivity contribution < 1.29 is 24.2 Å². The summed E-state index contributed by atoms with van der Waals surface area (Å²) in [7, 11) is 1.67. The molecule has 3 aromatic rings. The van der Waals surface area contributed by atoms with Gasteiger partial charge in [-0.2, -0.15) is 0 Å². The minimum Gasteiger partial charge on any atom is -0.410 e. The molecule has 1 aliphatic heterocycles. The van der Waals surface area contributed by atoms with Gasteiger partial charge in [-0.25, -0.2) is 9.48 Å². The number of benzene rings is 2. The first-order valence-electron chi connectivity index (χ1n) is 12.7. The standard InChI is InChI=1S/C27H35N5O5/c1-19-15-31(20(2)17-33)26(34)9-6-12-32-23(14-28-29-32)18-36-25(19)16-30(3)27(35)37-24-11-10-21-7-4-5-8-22(21)13-24/h4-5,7-8,10-11,13-14,19-20,25,33H,6,9,12,15-18H2,1-3H3/t19-,20-,25-/m1/s1. The van der Waals surface area contributed by atoms with Crippen molar-refractivity contribution >= 4 is 22.8 Å². The molecule has 0 radical (unpaired) electrons. The van der Waals surface area contributed by atoms with Crippen LogP contribution in [0.15, 0.2) is 48.7 Å². The molecule has 0 bridgehead atoms. The fourth-order valence-electron chi connectivity index (χ4n) is 4.50. The molecule has 10 nitrogen and oxygen atoms in total. The van der Waals surface area contributed by atoms with Gasteiger partial charge in [0.2, 0.25) is 5.91 Å². The molecular formula is C27H35N5O5. The number of ether oxygens (including phenoxy) is 2. The number of likely N-dealkylation sites (N-methyl/N-ethyl adjacent to an activating group) is 1. The van der Waals surface area contributed by atoms with E-state index >= 15 is 0 Å². The largest absolute Gasteiger partial charge is 0.415 e. The van der Waals surface area contributed by atoms with Crippen LogP contribution >= 0.6 is 0 Å². The van der Waals surface area contributed by atoms with Gasteiger partial charge in [-0.15, -0.1) is 5.10 Å². The number of carbonyl (C=O) groups excluding carboxylic acids is 2. The van der Waals surface area contributed by atoms with Crippen molar-refractivity contribution in [1.82, 2.24) is 24.8 Å². The van der Waals surface area contributed by atoms with Gasteiger partial charge in [0.25, 0.3) is 0 Å². The molecule has 0 saturated carbocycles. The Hall–Kier alpha value is -3.50. The summed E-state index contributed by atoms with van der Waals surface area (Å²) >= 11 is 0. The molecule has 0 spiro atoms. The van der Waals surface area contributed by atoms with Gasteiger partial charge in [-0.05, 0) is 36.2 Å². The van der Waals surface area contributed by atoms with Gasteiger partial charge < -0.3 is 24.4 Å². The SMILES string of the molecule is C[C@@H]1CN([C@H](C)CO)C(=O)CCCn2nncc2CO[C@@H]1CN(C)C(=O)Oc1ccc2ccccc2c1. The molecule has 2 heterocycles. The number of rotatable bonds is 5. The minimum atomic E-state index is -0.499. The lowest BCUT2D eigenvalue weighted by molar-refractivity contribution is -0.136. The van der Waals surface area contributed by atoms with E-state index in [1.54, 1.807) is 28.9 Å². The Kier molecular flexibility index (Phi) is 8.73. The number of aryl methyl sites for hydroxylation is 1. The molecular weight excluding hydrogens is 474 g/mol. The van der Waals surface area contributed by atoms with Crippen LogP contribution in [0.3, 0.4) is 0 Å². The van der Waals surface area contributed by atoms with Crippen molar-refractivity contribution in [2.24, 2.45) is 5.92 Å². The average molecular weight is 510 g/mol. The maximum atomic E-state index is 13.0. The molecule has 198 valence electrons. The number of fused-ring (bicyclic) bond motifs is 2. The number of amides is 2. The molecule has 1 aromatic heterocycles. The van der Waals surface area contributed by atoms with E-state index in [2.05, 4.69) is 10.3 Å². The van der Waals surface area contributed by atoms with E-state index < -0.39 is 12.2 Å². The molecule has 0 fully saturated rings. The molecule has 1 N–H and O–H groups in total. The second-order valence-electron chi connectivity index (χ2n) is 9.71. The molecule has 0 unspecified atom stereocenters. The Balaban J connectivity index is 1.49. The third-order valence-corrected chi connectivity index (χ3v) is 6.83. The van der Waals surface area contributed by atoms with Crippen molar-refractivity contribution in [2.45, 2.75) is 52.0 Å². The zero-order valence-electron chi connectivity index (χ0n) is 21.6. The summed E-state index contributed by atoms with van der Waals surface area (Å²) in [6.45, 7) is 5.16. The molecule has 10 heteroatoms. The summed E-state index contributed by atoms with van der Waals surface area (Å²) in [5, 5.41) is 19.9. The lowest BCUT2D eigenvalue weighted by atomic mass is 10.0. The Labute approximate surface area is 216 Å². The first kappa shape index (κ1) is 26.6. The summed E-state index contributed by atoms with van der Waals surface area (Å²) in [6.07, 6.45) is 1.72. The topological polar surface area (TPSA) is 110 Å². The van der Waals surface area contributed by atoms with Crippen LogP contribution in [-0.2, 0) is 22.7 Å². The Morgan fingerprint density at radius 2 is 2.05 bits per heavy atom. The van der Waals surface area contributed by atoms with Gasteiger partial charge in [-0.1, -0.05) is 42.5 Å². The molecule has 0 aliphatic carbocycles. The van der Waals surface area contributed by atoms with Crippen LogP contribution in [0.2, 0.25) is 0 Å². The molecule has 0 saturated heterocycles. The van der Waals surface area contributed by atoms with E-state index in [0.717, 1.165) is 16.5 Å². The Morgan fingerprint density at radius 1 is 1.27 bits per heavy atom. The third-order valence-electron chi connectivity index (χ3n) is 6.83. The van der Waals surface area contributed by atoms with Gasteiger partial charge in [-0.3, -0.25) is 4.79 Å². The number of aromatic nitrogens is 3. The van der Waals surface area contributed by atoms with Gasteiger partial charge in [0.15, 0.2) is 0 Å². The van der Waals surface area contributed by atoms with Crippen LogP contribution in [0.4, 0.5) is 4.79 Å². The first-order chi connectivity index (χ1) is 17.9. The van der Waals surface area contributed by atoms with Crippen LogP contribution in [0.25, 0.3) is 10.8 Å². The molecule has 37 heavy (non-hydrogen) atoms. The van der Waals surface area contributed by atoms with Crippen molar-refractivity contribution in [2.75, 3.05) is 26.7 Å². The van der Waals surface area contributed by atoms with E-state index in [1.807, 2.05) is 50.2 Å². The molecule has 2 amide bonds. The monoisotopic (exact) mass is 509 g/mol. The van der Waals surface area contributed by atoms with E-state index in [1.165, 1.54) is 4.90 Å². The summed E-state index contributed by atoms with van der Waals surface area (Å²) in [4.78, 5) is 29.2. The van der Waals surface area contributed by atoms with E-state index in [9.17, 15) is 14.7 Å². The van der Waals surface area contributed by atoms with E-state index in [0.29, 0.717) is 31.7 Å². The van der Waals surface area contributed by atoms with Crippen LogP contribution in [0.5, 0.6) is 5.75 Å². The summed E-state index contributed by atoms with van der Waals surface area (Å²) in [5.41, 5.74) is 0.812. The normalized spacial score (nSPS) is 20.0. The lowest BCUT2D eigenvalue weighted by Gasteiger charge is -2.35. The predicted octanol–water partition coefficient (Wildman–Crippen LogP) is 3.09. The lowest BCUT2D eigenvalue weighted by Crippen LogP contribution is -2.48. The second kappa shape index (κ2) is 12.2. The molecule has 4 rings (SSSR count).